The molecule has 0 aromatic carbocycles. The molecule has 96 valence electrons. The zero-order valence-corrected chi connectivity index (χ0v) is 8.82. The smallest absolute Gasteiger partial charge is 0.387 e. The number of nitrogens with two attached hydrogens (primary N) is 1. The Morgan fingerprint density at radius 3 is 2.41 bits per heavy atom. The number of hydrogen-bond acceptors (Lipinski definition) is 3. The van der Waals surface area contributed by atoms with Gasteiger partial charge in [0.2, 0.25) is 5.88 Å². The first-order chi connectivity index (χ1) is 7.74. The van der Waals surface area contributed by atoms with E-state index >= 15 is 0 Å². The number of anilines is 1. The van der Waals surface area contributed by atoms with Crippen molar-refractivity contribution in [3.63, 3.8) is 0 Å². The third-order valence-electron chi connectivity index (χ3n) is 1.72. The molecular formula is C8H6ClF5N2O. The van der Waals surface area contributed by atoms with Gasteiger partial charge in [0, 0.05) is 5.56 Å². The Kier molecular flexibility index (Phi) is 3.97. The molecule has 0 fully saturated rings. The van der Waals surface area contributed by atoms with Crippen LogP contribution >= 0.6 is 11.6 Å². The molecule has 0 saturated carbocycles. The lowest BCUT2D eigenvalue weighted by molar-refractivity contribution is -0.276. The summed E-state index contributed by atoms with van der Waals surface area (Å²) in [6, 6.07) is 0.737. The first-order valence-electron chi connectivity index (χ1n) is 4.13. The summed E-state index contributed by atoms with van der Waals surface area (Å²) >= 11 is 5.37. The molecule has 1 heterocycles. The highest BCUT2D eigenvalue weighted by Crippen LogP contribution is 2.33. The van der Waals surface area contributed by atoms with Crippen molar-refractivity contribution >= 4 is 17.4 Å². The Balaban J connectivity index is 3.23. The van der Waals surface area contributed by atoms with Gasteiger partial charge in [0.05, 0.1) is 11.4 Å². The van der Waals surface area contributed by atoms with E-state index in [0.29, 0.717) is 0 Å². The molecule has 2 N–H and O–H groups in total. The number of hydrogen-bond donors (Lipinski definition) is 1. The molecule has 0 unspecified atom stereocenters. The maximum atomic E-state index is 12.5. The van der Waals surface area contributed by atoms with Crippen LogP contribution in [0.3, 0.4) is 0 Å². The van der Waals surface area contributed by atoms with Gasteiger partial charge < -0.3 is 10.5 Å². The lowest BCUT2D eigenvalue weighted by atomic mass is 10.2. The van der Waals surface area contributed by atoms with Gasteiger partial charge in [0.25, 0.3) is 6.43 Å². The molecule has 0 saturated heterocycles. The number of halogens is 6. The Hall–Kier alpha value is -1.31. The molecule has 0 amide bonds. The third kappa shape index (κ3) is 3.58. The number of ether oxygens (including phenoxy) is 1. The van der Waals surface area contributed by atoms with Gasteiger partial charge in [-0.2, -0.15) is 4.98 Å². The van der Waals surface area contributed by atoms with Crippen LogP contribution in [0.15, 0.2) is 6.07 Å². The lowest BCUT2D eigenvalue weighted by Gasteiger charge is -2.13. The standard InChI is InChI=1S/C8H6ClF5N2O/c9-2-3-1-4(5(10)11)7(16-6(3)15)17-8(12,13)14/h1,5H,2H2,(H2,15,16). The first-order valence-corrected chi connectivity index (χ1v) is 4.67. The van der Waals surface area contributed by atoms with Crippen LogP contribution in [0.4, 0.5) is 27.8 Å². The fourth-order valence-electron chi connectivity index (χ4n) is 1.02. The molecule has 0 atom stereocenters. The minimum Gasteiger partial charge on any atom is -0.387 e. The second-order valence-electron chi connectivity index (χ2n) is 2.91. The highest BCUT2D eigenvalue weighted by atomic mass is 35.5. The Morgan fingerprint density at radius 2 is 2.00 bits per heavy atom. The summed E-state index contributed by atoms with van der Waals surface area (Å²) in [5, 5.41) is 0. The Morgan fingerprint density at radius 1 is 1.41 bits per heavy atom. The van der Waals surface area contributed by atoms with Crippen molar-refractivity contribution in [3.8, 4) is 5.88 Å². The topological polar surface area (TPSA) is 48.1 Å². The fourth-order valence-corrected chi connectivity index (χ4v) is 1.24. The summed E-state index contributed by atoms with van der Waals surface area (Å²) in [6.07, 6.45) is -8.30. The predicted octanol–water partition coefficient (Wildman–Crippen LogP) is 3.24. The summed E-state index contributed by atoms with van der Waals surface area (Å²) in [6.45, 7) is 0. The molecule has 17 heavy (non-hydrogen) atoms. The number of pyridine rings is 1. The van der Waals surface area contributed by atoms with E-state index in [1.165, 1.54) is 0 Å². The molecule has 3 nitrogen and oxygen atoms in total. The van der Waals surface area contributed by atoms with Crippen LogP contribution in [0.5, 0.6) is 5.88 Å². The largest absolute Gasteiger partial charge is 0.574 e. The van der Waals surface area contributed by atoms with Gasteiger partial charge in [-0.05, 0) is 6.07 Å². The van der Waals surface area contributed by atoms with Gasteiger partial charge in [0.15, 0.2) is 0 Å². The van der Waals surface area contributed by atoms with Gasteiger partial charge in [-0.15, -0.1) is 24.8 Å². The minimum atomic E-state index is -5.12. The van der Waals surface area contributed by atoms with Crippen molar-refractivity contribution in [2.24, 2.45) is 0 Å². The normalized spacial score (nSPS) is 11.9. The highest BCUT2D eigenvalue weighted by Gasteiger charge is 2.34. The van der Waals surface area contributed by atoms with Crippen molar-refractivity contribution in [1.29, 1.82) is 0 Å². The highest BCUT2D eigenvalue weighted by molar-refractivity contribution is 6.17. The van der Waals surface area contributed by atoms with E-state index in [-0.39, 0.29) is 17.3 Å². The number of aromatic nitrogens is 1. The first kappa shape index (κ1) is 13.8. The molecule has 0 aliphatic heterocycles. The summed E-state index contributed by atoms with van der Waals surface area (Å²) in [5.74, 6) is -1.90. The van der Waals surface area contributed by atoms with Crippen LogP contribution in [0.2, 0.25) is 0 Å². The molecular weight excluding hydrogens is 271 g/mol. The van der Waals surface area contributed by atoms with Crippen LogP contribution in [0, 0.1) is 0 Å². The van der Waals surface area contributed by atoms with E-state index in [9.17, 15) is 22.0 Å². The summed E-state index contributed by atoms with van der Waals surface area (Å²) < 4.78 is 64.1. The van der Waals surface area contributed by atoms with Crippen LogP contribution in [-0.4, -0.2) is 11.3 Å². The number of nitrogen functional groups attached to an aromatic ring is 1. The van der Waals surface area contributed by atoms with Crippen LogP contribution in [0.1, 0.15) is 17.6 Å². The van der Waals surface area contributed by atoms with E-state index in [1.807, 2.05) is 0 Å². The second-order valence-corrected chi connectivity index (χ2v) is 3.18. The van der Waals surface area contributed by atoms with Crippen molar-refractivity contribution in [2.75, 3.05) is 5.73 Å². The third-order valence-corrected chi connectivity index (χ3v) is 2.01. The lowest BCUT2D eigenvalue weighted by Crippen LogP contribution is -2.19. The Labute approximate surface area is 97.3 Å². The fraction of sp³-hybridized carbons (Fsp3) is 0.375. The number of rotatable bonds is 3. The molecule has 0 aliphatic carbocycles. The van der Waals surface area contributed by atoms with Crippen molar-refractivity contribution in [2.45, 2.75) is 18.7 Å². The Bertz CT molecular complexity index is 410. The zero-order valence-electron chi connectivity index (χ0n) is 8.06. The van der Waals surface area contributed by atoms with Gasteiger partial charge in [-0.3, -0.25) is 0 Å². The van der Waals surface area contributed by atoms with Gasteiger partial charge in [-0.1, -0.05) is 0 Å². The number of alkyl halides is 6. The van der Waals surface area contributed by atoms with Gasteiger partial charge >= 0.3 is 6.36 Å². The molecule has 0 aliphatic rings. The van der Waals surface area contributed by atoms with Crippen molar-refractivity contribution in [1.82, 2.24) is 4.98 Å². The van der Waals surface area contributed by atoms with E-state index in [4.69, 9.17) is 17.3 Å². The van der Waals surface area contributed by atoms with Crippen LogP contribution in [0.25, 0.3) is 0 Å². The van der Waals surface area contributed by atoms with Gasteiger partial charge in [0.1, 0.15) is 5.82 Å². The van der Waals surface area contributed by atoms with E-state index < -0.39 is 24.2 Å². The van der Waals surface area contributed by atoms with Crippen molar-refractivity contribution < 1.29 is 26.7 Å². The molecule has 0 radical (unpaired) electrons. The number of nitrogens with zero attached hydrogens (tertiary/aromatic N) is 1. The molecule has 1 aromatic rings. The van der Waals surface area contributed by atoms with E-state index in [2.05, 4.69) is 9.72 Å². The van der Waals surface area contributed by atoms with E-state index in [0.717, 1.165) is 6.07 Å². The summed E-state index contributed by atoms with van der Waals surface area (Å²) in [7, 11) is 0. The maximum absolute atomic E-state index is 12.5. The molecule has 0 bridgehead atoms. The quantitative estimate of drug-likeness (QED) is 0.681. The SMILES string of the molecule is Nc1nc(OC(F)(F)F)c(C(F)F)cc1CCl. The van der Waals surface area contributed by atoms with E-state index in [1.54, 1.807) is 0 Å². The zero-order chi connectivity index (χ0) is 13.2. The molecule has 9 heteroatoms. The summed E-state index contributed by atoms with van der Waals surface area (Å²) in [4.78, 5) is 3.12. The average molecular weight is 277 g/mol. The van der Waals surface area contributed by atoms with Gasteiger partial charge in [-0.25, -0.2) is 8.78 Å². The molecule has 1 aromatic heterocycles. The average Bonchev–Trinajstić information content (AvgIpc) is 2.14. The van der Waals surface area contributed by atoms with Crippen molar-refractivity contribution in [3.05, 3.63) is 17.2 Å². The second kappa shape index (κ2) is 4.91. The van der Waals surface area contributed by atoms with Crippen LogP contribution in [-0.2, 0) is 5.88 Å². The summed E-state index contributed by atoms with van der Waals surface area (Å²) in [5.41, 5.74) is 4.24. The molecule has 0 spiro atoms. The molecule has 1 rings (SSSR count). The maximum Gasteiger partial charge on any atom is 0.574 e. The van der Waals surface area contributed by atoms with Crippen LogP contribution < -0.4 is 10.5 Å². The predicted molar refractivity (Wildman–Crippen MR) is 49.8 cm³/mol. The monoisotopic (exact) mass is 276 g/mol. The minimum absolute atomic E-state index is 0.0106.